The zero-order valence-electron chi connectivity index (χ0n) is 23.3. The summed E-state index contributed by atoms with van der Waals surface area (Å²) < 4.78 is 34.2. The topological polar surface area (TPSA) is 96.0 Å². The standard InChI is InChI=1S/C30H36ClN3O5S/c1-5-6-18-32-30(36)23(3)33(20-24-12-14-25(31)15-13-24)29(35)21-34(26-8-7-9-27(19-26)39-4)40(37,38)28-16-10-22(2)11-17-28/h7-17,19,23H,5-6,18,20-21H2,1-4H3,(H,32,36). The fraction of sp³-hybridized carbons (Fsp3) is 0.333. The van der Waals surface area contributed by atoms with Crippen molar-refractivity contribution >= 4 is 39.1 Å². The highest BCUT2D eigenvalue weighted by atomic mass is 35.5. The molecule has 1 unspecified atom stereocenters. The van der Waals surface area contributed by atoms with E-state index in [2.05, 4.69) is 5.32 Å². The molecule has 3 aromatic carbocycles. The minimum atomic E-state index is -4.15. The van der Waals surface area contributed by atoms with E-state index in [0.29, 0.717) is 17.3 Å². The number of sulfonamides is 1. The number of nitrogens with zero attached hydrogens (tertiary/aromatic N) is 2. The number of carbonyl (C=O) groups is 2. The van der Waals surface area contributed by atoms with Crippen LogP contribution in [0.4, 0.5) is 5.69 Å². The smallest absolute Gasteiger partial charge is 0.264 e. The second-order valence-electron chi connectivity index (χ2n) is 9.49. The first-order valence-corrected chi connectivity index (χ1v) is 14.9. The monoisotopic (exact) mass is 585 g/mol. The van der Waals surface area contributed by atoms with Gasteiger partial charge < -0.3 is 15.0 Å². The summed E-state index contributed by atoms with van der Waals surface area (Å²) in [5.41, 5.74) is 1.92. The predicted molar refractivity (Wildman–Crippen MR) is 158 cm³/mol. The Bertz CT molecular complexity index is 1400. The minimum Gasteiger partial charge on any atom is -0.497 e. The maximum absolute atomic E-state index is 13.9. The normalized spacial score (nSPS) is 11.9. The molecule has 214 valence electrons. The average Bonchev–Trinajstić information content (AvgIpc) is 2.95. The van der Waals surface area contributed by atoms with Crippen molar-refractivity contribution in [2.45, 2.75) is 51.1 Å². The number of rotatable bonds is 13. The summed E-state index contributed by atoms with van der Waals surface area (Å²) >= 11 is 6.05. The number of benzene rings is 3. The van der Waals surface area contributed by atoms with Gasteiger partial charge in [0.15, 0.2) is 0 Å². The van der Waals surface area contributed by atoms with E-state index in [1.807, 2.05) is 13.8 Å². The molecule has 40 heavy (non-hydrogen) atoms. The first-order valence-electron chi connectivity index (χ1n) is 13.1. The Hall–Kier alpha value is -3.56. The van der Waals surface area contributed by atoms with E-state index >= 15 is 0 Å². The molecule has 3 rings (SSSR count). The molecule has 0 aliphatic rings. The lowest BCUT2D eigenvalue weighted by molar-refractivity contribution is -0.139. The summed E-state index contributed by atoms with van der Waals surface area (Å²) in [5.74, 6) is -0.410. The zero-order chi connectivity index (χ0) is 29.3. The van der Waals surface area contributed by atoms with E-state index in [1.165, 1.54) is 24.1 Å². The van der Waals surface area contributed by atoms with Gasteiger partial charge in [-0.25, -0.2) is 8.42 Å². The number of carbonyl (C=O) groups excluding carboxylic acids is 2. The number of hydrogen-bond donors (Lipinski definition) is 1. The summed E-state index contributed by atoms with van der Waals surface area (Å²) in [6, 6.07) is 19.0. The number of nitrogens with one attached hydrogen (secondary N) is 1. The van der Waals surface area contributed by atoms with Gasteiger partial charge in [0.25, 0.3) is 10.0 Å². The molecule has 0 saturated carbocycles. The van der Waals surface area contributed by atoms with Gasteiger partial charge in [0.05, 0.1) is 17.7 Å². The van der Waals surface area contributed by atoms with Gasteiger partial charge in [-0.15, -0.1) is 0 Å². The van der Waals surface area contributed by atoms with Crippen molar-refractivity contribution in [1.82, 2.24) is 10.2 Å². The van der Waals surface area contributed by atoms with Crippen molar-refractivity contribution in [3.05, 3.63) is 88.9 Å². The number of unbranched alkanes of at least 4 members (excludes halogenated alkanes) is 1. The van der Waals surface area contributed by atoms with Crippen molar-refractivity contribution in [3.8, 4) is 5.75 Å². The SMILES string of the molecule is CCCCNC(=O)C(C)N(Cc1ccc(Cl)cc1)C(=O)CN(c1cccc(OC)c1)S(=O)(=O)c1ccc(C)cc1. The highest BCUT2D eigenvalue weighted by molar-refractivity contribution is 7.92. The first kappa shape index (κ1) is 31.0. The minimum absolute atomic E-state index is 0.0447. The largest absolute Gasteiger partial charge is 0.497 e. The molecule has 10 heteroatoms. The molecule has 2 amide bonds. The summed E-state index contributed by atoms with van der Waals surface area (Å²) in [5, 5.41) is 3.41. The second-order valence-corrected chi connectivity index (χ2v) is 11.8. The molecule has 0 bridgehead atoms. The molecule has 3 aromatic rings. The average molecular weight is 586 g/mol. The van der Waals surface area contributed by atoms with Crippen LogP contribution in [0.5, 0.6) is 5.75 Å². The molecule has 8 nitrogen and oxygen atoms in total. The van der Waals surface area contributed by atoms with Crippen molar-refractivity contribution in [1.29, 1.82) is 0 Å². The van der Waals surface area contributed by atoms with Gasteiger partial charge in [-0.05, 0) is 62.2 Å². The third-order valence-electron chi connectivity index (χ3n) is 6.49. The number of anilines is 1. The van der Waals surface area contributed by atoms with Crippen LogP contribution in [0.3, 0.4) is 0 Å². The number of hydrogen-bond acceptors (Lipinski definition) is 5. The number of aryl methyl sites for hydroxylation is 1. The maximum Gasteiger partial charge on any atom is 0.264 e. The summed E-state index contributed by atoms with van der Waals surface area (Å²) in [6.07, 6.45) is 1.72. The Kier molecular flexibility index (Phi) is 11.0. The first-order chi connectivity index (χ1) is 19.1. The van der Waals surface area contributed by atoms with Gasteiger partial charge in [-0.1, -0.05) is 60.8 Å². The summed E-state index contributed by atoms with van der Waals surface area (Å²) in [7, 11) is -2.67. The van der Waals surface area contributed by atoms with Crippen molar-refractivity contribution in [2.24, 2.45) is 0 Å². The Morgan fingerprint density at radius 1 is 1.02 bits per heavy atom. The fourth-order valence-corrected chi connectivity index (χ4v) is 5.57. The van der Waals surface area contributed by atoms with Crippen LogP contribution >= 0.6 is 11.6 Å². The van der Waals surface area contributed by atoms with E-state index in [9.17, 15) is 18.0 Å². The highest BCUT2D eigenvalue weighted by Gasteiger charge is 2.32. The van der Waals surface area contributed by atoms with Crippen molar-refractivity contribution < 1.29 is 22.7 Å². The number of halogens is 1. The van der Waals surface area contributed by atoms with Crippen LogP contribution in [-0.4, -0.2) is 51.4 Å². The summed E-state index contributed by atoms with van der Waals surface area (Å²) in [4.78, 5) is 28.4. The molecule has 0 aromatic heterocycles. The Morgan fingerprint density at radius 3 is 2.33 bits per heavy atom. The maximum atomic E-state index is 13.9. The Balaban J connectivity index is 2.01. The van der Waals surface area contributed by atoms with E-state index in [4.69, 9.17) is 16.3 Å². The Labute approximate surface area is 241 Å². The lowest BCUT2D eigenvalue weighted by Gasteiger charge is -2.32. The molecule has 0 aliphatic heterocycles. The van der Waals surface area contributed by atoms with Gasteiger partial charge in [0, 0.05) is 24.2 Å². The molecular formula is C30H36ClN3O5S. The predicted octanol–water partition coefficient (Wildman–Crippen LogP) is 5.19. The molecule has 0 radical (unpaired) electrons. The van der Waals surface area contributed by atoms with Crippen LogP contribution in [0.15, 0.2) is 77.7 Å². The molecular weight excluding hydrogens is 550 g/mol. The van der Waals surface area contributed by atoms with Gasteiger partial charge >= 0.3 is 0 Å². The van der Waals surface area contributed by atoms with E-state index in [-0.39, 0.29) is 23.0 Å². The molecule has 0 fully saturated rings. The molecule has 0 saturated heterocycles. The number of ether oxygens (including phenoxy) is 1. The van der Waals surface area contributed by atoms with E-state index in [1.54, 1.807) is 67.6 Å². The Morgan fingerprint density at radius 2 is 1.70 bits per heavy atom. The van der Waals surface area contributed by atoms with Crippen molar-refractivity contribution in [2.75, 3.05) is 24.5 Å². The number of amides is 2. The fourth-order valence-electron chi connectivity index (χ4n) is 4.04. The van der Waals surface area contributed by atoms with Gasteiger partial charge in [0.1, 0.15) is 18.3 Å². The lowest BCUT2D eigenvalue weighted by atomic mass is 10.1. The van der Waals surface area contributed by atoms with Crippen LogP contribution in [0, 0.1) is 6.92 Å². The van der Waals surface area contributed by atoms with Gasteiger partial charge in [0.2, 0.25) is 11.8 Å². The molecule has 1 N–H and O–H groups in total. The van der Waals surface area contributed by atoms with Crippen molar-refractivity contribution in [3.63, 3.8) is 0 Å². The molecule has 0 spiro atoms. The van der Waals surface area contributed by atoms with E-state index < -0.39 is 28.5 Å². The highest BCUT2D eigenvalue weighted by Crippen LogP contribution is 2.28. The second kappa shape index (κ2) is 14.2. The molecule has 1 atom stereocenters. The number of methoxy groups -OCH3 is 1. The third-order valence-corrected chi connectivity index (χ3v) is 8.53. The molecule has 0 aliphatic carbocycles. The summed E-state index contributed by atoms with van der Waals surface area (Å²) in [6.45, 7) is 5.58. The van der Waals surface area contributed by atoms with Gasteiger partial charge in [-0.3, -0.25) is 13.9 Å². The van der Waals surface area contributed by atoms with E-state index in [0.717, 1.165) is 28.3 Å². The van der Waals surface area contributed by atoms with Crippen LogP contribution in [-0.2, 0) is 26.2 Å². The third kappa shape index (κ3) is 7.99. The molecule has 0 heterocycles. The van der Waals surface area contributed by atoms with Gasteiger partial charge in [-0.2, -0.15) is 0 Å². The lowest BCUT2D eigenvalue weighted by Crippen LogP contribution is -2.51. The van der Waals surface area contributed by atoms with Crippen LogP contribution in [0.1, 0.15) is 37.8 Å². The van der Waals surface area contributed by atoms with Crippen LogP contribution in [0.2, 0.25) is 5.02 Å². The quantitative estimate of drug-likeness (QED) is 0.279. The zero-order valence-corrected chi connectivity index (χ0v) is 24.8. The van der Waals surface area contributed by atoms with Crippen LogP contribution < -0.4 is 14.4 Å². The van der Waals surface area contributed by atoms with Crippen LogP contribution in [0.25, 0.3) is 0 Å².